The standard InChI is InChI=1S/C26H29FN2O6/c1-3-35-20-9-6-18(16-21(20)33-2)23-22(24(30)17-4-7-19(27)8-5-17)25(31)26(32)29(23)11-10-28-12-14-34-15-13-28/h4-9,16,23,30H,3,10-15H2,1-2H3. The first-order valence-electron chi connectivity index (χ1n) is 11.7. The molecule has 0 spiro atoms. The molecule has 2 aromatic rings. The molecule has 8 nitrogen and oxygen atoms in total. The number of methoxy groups -OCH3 is 1. The third kappa shape index (κ3) is 5.16. The molecule has 2 aliphatic heterocycles. The zero-order valence-electron chi connectivity index (χ0n) is 19.8. The number of ketones is 1. The number of rotatable bonds is 8. The van der Waals surface area contributed by atoms with Crippen LogP contribution in [0.4, 0.5) is 4.39 Å². The number of likely N-dealkylation sites (tertiary alicyclic amines) is 1. The number of amides is 1. The number of carbonyl (C=O) groups excluding carboxylic acids is 2. The highest BCUT2D eigenvalue weighted by molar-refractivity contribution is 6.46. The Bertz CT molecular complexity index is 1110. The van der Waals surface area contributed by atoms with Crippen LogP contribution in [0, 0.1) is 5.82 Å². The second kappa shape index (κ2) is 10.9. The molecule has 0 bridgehead atoms. The van der Waals surface area contributed by atoms with Crippen LogP contribution in [0.5, 0.6) is 11.5 Å². The Morgan fingerprint density at radius 1 is 1.14 bits per heavy atom. The number of carbonyl (C=O) groups is 2. The summed E-state index contributed by atoms with van der Waals surface area (Å²) in [6.07, 6.45) is 0. The maximum Gasteiger partial charge on any atom is 0.295 e. The first-order valence-corrected chi connectivity index (χ1v) is 11.7. The van der Waals surface area contributed by atoms with Crippen molar-refractivity contribution in [3.05, 3.63) is 65.0 Å². The van der Waals surface area contributed by atoms with Gasteiger partial charge >= 0.3 is 0 Å². The molecule has 1 N–H and O–H groups in total. The normalized spacial score (nSPS) is 20.3. The van der Waals surface area contributed by atoms with Gasteiger partial charge in [-0.15, -0.1) is 0 Å². The van der Waals surface area contributed by atoms with E-state index in [-0.39, 0.29) is 11.1 Å². The molecule has 2 aromatic carbocycles. The zero-order chi connectivity index (χ0) is 24.9. The number of Topliss-reactive ketones (excluding diaryl/α,β-unsaturated/α-hetero) is 1. The van der Waals surface area contributed by atoms with Crippen LogP contribution in [-0.2, 0) is 14.3 Å². The van der Waals surface area contributed by atoms with E-state index in [2.05, 4.69) is 0 Å². The van der Waals surface area contributed by atoms with Crippen molar-refractivity contribution in [1.29, 1.82) is 0 Å². The minimum absolute atomic E-state index is 0.145. The summed E-state index contributed by atoms with van der Waals surface area (Å²) in [5, 5.41) is 13.4. The third-order valence-electron chi connectivity index (χ3n) is 6.35. The predicted octanol–water partition coefficient (Wildman–Crippen LogP) is 0.372. The number of benzene rings is 2. The van der Waals surface area contributed by atoms with Crippen LogP contribution in [0.1, 0.15) is 24.1 Å². The fourth-order valence-electron chi connectivity index (χ4n) is 4.52. The van der Waals surface area contributed by atoms with E-state index in [4.69, 9.17) is 14.2 Å². The molecule has 0 radical (unpaired) electrons. The molecule has 1 unspecified atom stereocenters. The first kappa shape index (κ1) is 24.7. The molecule has 1 amide bonds. The van der Waals surface area contributed by atoms with E-state index >= 15 is 0 Å². The fourth-order valence-corrected chi connectivity index (χ4v) is 4.52. The molecule has 1 atom stereocenters. The van der Waals surface area contributed by atoms with Crippen LogP contribution in [0.2, 0.25) is 0 Å². The van der Waals surface area contributed by atoms with Crippen molar-refractivity contribution in [2.45, 2.75) is 13.0 Å². The summed E-state index contributed by atoms with van der Waals surface area (Å²) < 4.78 is 29.9. The van der Waals surface area contributed by atoms with Crippen LogP contribution in [0.15, 0.2) is 48.0 Å². The van der Waals surface area contributed by atoms with Gasteiger partial charge in [0.25, 0.3) is 5.91 Å². The molecule has 0 saturated carbocycles. The molecule has 2 heterocycles. The summed E-state index contributed by atoms with van der Waals surface area (Å²) in [6, 6.07) is 9.18. The van der Waals surface area contributed by atoms with Gasteiger partial charge in [0.05, 0.1) is 46.1 Å². The molecule has 186 valence electrons. The average Bonchev–Trinajstić information content (AvgIpc) is 3.13. The Labute approximate surface area is 203 Å². The Morgan fingerprint density at radius 3 is 2.51 bits per heavy atom. The smallest absolute Gasteiger partial charge is 0.295 e. The van der Waals surface area contributed by atoms with Crippen molar-refractivity contribution in [2.75, 3.05) is 53.1 Å². The summed E-state index contributed by atoms with van der Waals surface area (Å²) in [5.74, 6) is -1.70. The summed E-state index contributed by atoms with van der Waals surface area (Å²) in [4.78, 5) is 29.0. The Kier molecular flexibility index (Phi) is 7.67. The fraction of sp³-hybridized carbons (Fsp3) is 0.385. The highest BCUT2D eigenvalue weighted by Crippen LogP contribution is 2.41. The van der Waals surface area contributed by atoms with Gasteiger partial charge in [-0.1, -0.05) is 24.0 Å². The second-order valence-electron chi connectivity index (χ2n) is 8.44. The van der Waals surface area contributed by atoms with Crippen molar-refractivity contribution in [2.24, 2.45) is 0 Å². The molecular formula is C26H29FN2O6. The van der Waals surface area contributed by atoms with E-state index in [0.717, 1.165) is 25.2 Å². The van der Waals surface area contributed by atoms with Crippen molar-refractivity contribution < 1.29 is 38.2 Å². The van der Waals surface area contributed by atoms with Crippen LogP contribution in [0.25, 0.3) is 5.76 Å². The van der Waals surface area contributed by atoms with Gasteiger partial charge in [-0.25, -0.2) is 4.39 Å². The van der Waals surface area contributed by atoms with E-state index < -0.39 is 29.3 Å². The lowest BCUT2D eigenvalue weighted by atomic mass is 9.95. The van der Waals surface area contributed by atoms with E-state index in [1.54, 1.807) is 18.2 Å². The summed E-state index contributed by atoms with van der Waals surface area (Å²) in [6.45, 7) is 6.09. The molecule has 9 heteroatoms. The van der Waals surface area contributed by atoms with E-state index in [1.807, 2.05) is 6.92 Å². The molecular weight excluding hydrogens is 455 g/mol. The zero-order valence-corrected chi connectivity index (χ0v) is 19.8. The lowest BCUT2D eigenvalue weighted by Gasteiger charge is -2.30. The quantitative estimate of drug-likeness (QED) is 0.331. The number of nitrogens with one attached hydrogen (secondary N) is 1. The molecule has 2 aliphatic rings. The minimum atomic E-state index is -0.891. The predicted molar refractivity (Wildman–Crippen MR) is 123 cm³/mol. The van der Waals surface area contributed by atoms with Crippen LogP contribution in [-0.4, -0.2) is 69.7 Å². The van der Waals surface area contributed by atoms with Gasteiger partial charge in [0.2, 0.25) is 5.78 Å². The molecule has 0 aliphatic carbocycles. The summed E-state index contributed by atoms with van der Waals surface area (Å²) in [5.41, 5.74) is 0.558. The Morgan fingerprint density at radius 2 is 1.86 bits per heavy atom. The Hall–Kier alpha value is -3.43. The Balaban J connectivity index is 1.77. The topological polar surface area (TPSA) is 92.6 Å². The average molecular weight is 485 g/mol. The maximum absolute atomic E-state index is 13.4. The van der Waals surface area contributed by atoms with Crippen molar-refractivity contribution in [1.82, 2.24) is 4.90 Å². The lowest BCUT2D eigenvalue weighted by Crippen LogP contribution is -3.14. The van der Waals surface area contributed by atoms with Gasteiger partial charge in [-0.3, -0.25) is 9.59 Å². The molecule has 4 rings (SSSR count). The number of morpholine rings is 1. The molecule has 35 heavy (non-hydrogen) atoms. The van der Waals surface area contributed by atoms with Crippen molar-refractivity contribution in [3.8, 4) is 11.5 Å². The van der Waals surface area contributed by atoms with Gasteiger partial charge in [0, 0.05) is 5.57 Å². The van der Waals surface area contributed by atoms with Gasteiger partial charge in [0.15, 0.2) is 11.5 Å². The first-order chi connectivity index (χ1) is 16.9. The summed E-state index contributed by atoms with van der Waals surface area (Å²) in [7, 11) is 1.50. The summed E-state index contributed by atoms with van der Waals surface area (Å²) >= 11 is 0. The molecule has 2 fully saturated rings. The van der Waals surface area contributed by atoms with Gasteiger partial charge in [-0.2, -0.15) is 0 Å². The van der Waals surface area contributed by atoms with Crippen LogP contribution < -0.4 is 19.5 Å². The number of ether oxygens (including phenoxy) is 3. The monoisotopic (exact) mass is 484 g/mol. The van der Waals surface area contributed by atoms with Crippen LogP contribution in [0.3, 0.4) is 0 Å². The van der Waals surface area contributed by atoms with Crippen molar-refractivity contribution >= 4 is 17.4 Å². The lowest BCUT2D eigenvalue weighted by molar-refractivity contribution is -0.907. The van der Waals surface area contributed by atoms with Gasteiger partial charge < -0.3 is 29.1 Å². The molecule has 2 saturated heterocycles. The largest absolute Gasteiger partial charge is 0.872 e. The highest BCUT2D eigenvalue weighted by Gasteiger charge is 2.44. The highest BCUT2D eigenvalue weighted by atomic mass is 19.1. The number of halogens is 1. The maximum atomic E-state index is 13.4. The second-order valence-corrected chi connectivity index (χ2v) is 8.44. The van der Waals surface area contributed by atoms with Gasteiger partial charge in [0.1, 0.15) is 18.9 Å². The van der Waals surface area contributed by atoms with E-state index in [0.29, 0.717) is 50.0 Å². The number of quaternary nitrogens is 1. The number of hydrogen-bond acceptors (Lipinski definition) is 6. The number of hydrogen-bond donors (Lipinski definition) is 1. The minimum Gasteiger partial charge on any atom is -0.872 e. The molecule has 0 aromatic heterocycles. The van der Waals surface area contributed by atoms with Crippen LogP contribution >= 0.6 is 0 Å². The SMILES string of the molecule is CCOc1ccc(C2C(=C([O-])c3ccc(F)cc3)C(=O)C(=O)N2CC[NH+]2CCOCC2)cc1OC. The van der Waals surface area contributed by atoms with Gasteiger partial charge in [-0.05, 0) is 42.3 Å². The third-order valence-corrected chi connectivity index (χ3v) is 6.35. The van der Waals surface area contributed by atoms with E-state index in [1.165, 1.54) is 29.0 Å². The van der Waals surface area contributed by atoms with Crippen molar-refractivity contribution in [3.63, 3.8) is 0 Å². The van der Waals surface area contributed by atoms with E-state index in [9.17, 15) is 19.1 Å². The number of nitrogens with zero attached hydrogens (tertiary/aromatic N) is 1.